The van der Waals surface area contributed by atoms with Crippen LogP contribution in [-0.2, 0) is 11.2 Å². The summed E-state index contributed by atoms with van der Waals surface area (Å²) < 4.78 is 0. The molecular weight excluding hydrogens is 236 g/mol. The van der Waals surface area contributed by atoms with Crippen molar-refractivity contribution in [1.29, 1.82) is 0 Å². The summed E-state index contributed by atoms with van der Waals surface area (Å²) in [6, 6.07) is 5.92. The van der Waals surface area contributed by atoms with E-state index in [1.165, 1.54) is 0 Å². The summed E-state index contributed by atoms with van der Waals surface area (Å²) in [7, 11) is 0. The van der Waals surface area contributed by atoms with Gasteiger partial charge in [-0.15, -0.1) is 0 Å². The lowest BCUT2D eigenvalue weighted by atomic mass is 10.1. The van der Waals surface area contributed by atoms with Crippen LogP contribution < -0.4 is 11.1 Å². The number of nitrogens with one attached hydrogen (secondary N) is 1. The summed E-state index contributed by atoms with van der Waals surface area (Å²) in [6.45, 7) is 4.31. The van der Waals surface area contributed by atoms with Crippen LogP contribution in [0.5, 0.6) is 0 Å². The van der Waals surface area contributed by atoms with Gasteiger partial charge >= 0.3 is 0 Å². The molecule has 1 atom stereocenters. The fraction of sp³-hybridized carbons (Fsp3) is 0.462. The number of carbonyl (C=O) groups is 1. The second-order valence-corrected chi connectivity index (χ2v) is 4.70. The highest BCUT2D eigenvalue weighted by atomic mass is 35.5. The van der Waals surface area contributed by atoms with Gasteiger partial charge in [0.15, 0.2) is 0 Å². The maximum absolute atomic E-state index is 11.5. The van der Waals surface area contributed by atoms with Crippen LogP contribution in [0.3, 0.4) is 0 Å². The lowest BCUT2D eigenvalue weighted by Gasteiger charge is -2.11. The SMILES string of the molecule is Cc1ccc(CCC(=O)NC(C)CN)cc1Cl. The molecule has 0 aliphatic carbocycles. The summed E-state index contributed by atoms with van der Waals surface area (Å²) in [6.07, 6.45) is 1.16. The van der Waals surface area contributed by atoms with Crippen LogP contribution in [0, 0.1) is 6.92 Å². The van der Waals surface area contributed by atoms with Gasteiger partial charge in [0.25, 0.3) is 0 Å². The van der Waals surface area contributed by atoms with Gasteiger partial charge in [0.05, 0.1) is 0 Å². The minimum absolute atomic E-state index is 0.0275. The third-order valence-electron chi connectivity index (χ3n) is 2.64. The van der Waals surface area contributed by atoms with Gasteiger partial charge in [0.2, 0.25) is 5.91 Å². The van der Waals surface area contributed by atoms with Gasteiger partial charge in [-0.25, -0.2) is 0 Å². The van der Waals surface area contributed by atoms with Gasteiger partial charge in [-0.3, -0.25) is 4.79 Å². The van der Waals surface area contributed by atoms with Crippen LogP contribution in [0.4, 0.5) is 0 Å². The third kappa shape index (κ3) is 4.75. The largest absolute Gasteiger partial charge is 0.352 e. The molecule has 0 saturated carbocycles. The van der Waals surface area contributed by atoms with E-state index in [1.807, 2.05) is 32.0 Å². The number of halogens is 1. The predicted octanol–water partition coefficient (Wildman–Crippen LogP) is 2.04. The number of carbonyl (C=O) groups excluding carboxylic acids is 1. The maximum atomic E-state index is 11.5. The molecule has 3 N–H and O–H groups in total. The molecule has 1 rings (SSSR count). The first-order valence-electron chi connectivity index (χ1n) is 5.77. The molecule has 0 aromatic heterocycles. The minimum Gasteiger partial charge on any atom is -0.352 e. The summed E-state index contributed by atoms with van der Waals surface area (Å²) in [5, 5.41) is 3.58. The Morgan fingerprint density at radius 2 is 2.24 bits per heavy atom. The van der Waals surface area contributed by atoms with E-state index in [-0.39, 0.29) is 11.9 Å². The average Bonchev–Trinajstić information content (AvgIpc) is 2.30. The van der Waals surface area contributed by atoms with E-state index in [1.54, 1.807) is 0 Å². The molecule has 1 aromatic rings. The van der Waals surface area contributed by atoms with Gasteiger partial charge in [0, 0.05) is 24.0 Å². The first kappa shape index (κ1) is 14.0. The Bertz CT molecular complexity index is 393. The van der Waals surface area contributed by atoms with Gasteiger partial charge < -0.3 is 11.1 Å². The standard InChI is InChI=1S/C13H19ClN2O/c1-9-3-4-11(7-12(9)14)5-6-13(17)16-10(2)8-15/h3-4,7,10H,5-6,8,15H2,1-2H3,(H,16,17). The number of aryl methyl sites for hydroxylation is 2. The Balaban J connectivity index is 2.45. The smallest absolute Gasteiger partial charge is 0.220 e. The highest BCUT2D eigenvalue weighted by Crippen LogP contribution is 2.17. The van der Waals surface area contributed by atoms with Crippen LogP contribution >= 0.6 is 11.6 Å². The normalized spacial score (nSPS) is 12.2. The molecule has 1 unspecified atom stereocenters. The first-order chi connectivity index (χ1) is 8.02. The van der Waals surface area contributed by atoms with E-state index >= 15 is 0 Å². The van der Waals surface area contributed by atoms with Crippen molar-refractivity contribution in [3.63, 3.8) is 0 Å². The molecule has 0 aliphatic heterocycles. The monoisotopic (exact) mass is 254 g/mol. The van der Waals surface area contributed by atoms with Crippen molar-refractivity contribution in [1.82, 2.24) is 5.32 Å². The first-order valence-corrected chi connectivity index (χ1v) is 6.15. The molecule has 17 heavy (non-hydrogen) atoms. The van der Waals surface area contributed by atoms with Gasteiger partial charge in [-0.2, -0.15) is 0 Å². The van der Waals surface area contributed by atoms with Crippen LogP contribution in [0.2, 0.25) is 5.02 Å². The minimum atomic E-state index is 0.0275. The quantitative estimate of drug-likeness (QED) is 0.845. The number of hydrogen-bond donors (Lipinski definition) is 2. The molecular formula is C13H19ClN2O. The zero-order valence-electron chi connectivity index (χ0n) is 10.3. The van der Waals surface area contributed by atoms with Crippen LogP contribution in [0.25, 0.3) is 0 Å². The lowest BCUT2D eigenvalue weighted by molar-refractivity contribution is -0.121. The number of amides is 1. The van der Waals surface area contributed by atoms with Gasteiger partial charge in [-0.1, -0.05) is 23.7 Å². The van der Waals surface area contributed by atoms with Crippen molar-refractivity contribution >= 4 is 17.5 Å². The van der Waals surface area contributed by atoms with Crippen molar-refractivity contribution in [3.05, 3.63) is 34.3 Å². The lowest BCUT2D eigenvalue weighted by Crippen LogP contribution is -2.37. The summed E-state index contributed by atoms with van der Waals surface area (Å²) in [5.74, 6) is 0.0275. The van der Waals surface area contributed by atoms with Gasteiger partial charge in [0.1, 0.15) is 0 Å². The van der Waals surface area contributed by atoms with E-state index < -0.39 is 0 Å². The van der Waals surface area contributed by atoms with Gasteiger partial charge in [-0.05, 0) is 37.5 Å². The summed E-state index contributed by atoms with van der Waals surface area (Å²) in [5.41, 5.74) is 7.56. The van der Waals surface area contributed by atoms with Crippen LogP contribution in [-0.4, -0.2) is 18.5 Å². The molecule has 0 fully saturated rings. The van der Waals surface area contributed by atoms with Crippen molar-refractivity contribution in [2.75, 3.05) is 6.54 Å². The Labute approximate surface area is 107 Å². The van der Waals surface area contributed by atoms with E-state index in [0.29, 0.717) is 19.4 Å². The van der Waals surface area contributed by atoms with Crippen LogP contribution in [0.1, 0.15) is 24.5 Å². The number of rotatable bonds is 5. The highest BCUT2D eigenvalue weighted by molar-refractivity contribution is 6.31. The number of nitrogens with two attached hydrogens (primary N) is 1. The molecule has 0 radical (unpaired) electrons. The maximum Gasteiger partial charge on any atom is 0.220 e. The predicted molar refractivity (Wildman–Crippen MR) is 71.2 cm³/mol. The molecule has 0 bridgehead atoms. The van der Waals surface area contributed by atoms with Crippen molar-refractivity contribution in [3.8, 4) is 0 Å². The molecule has 3 nitrogen and oxygen atoms in total. The Morgan fingerprint density at radius 1 is 1.53 bits per heavy atom. The van der Waals surface area contributed by atoms with E-state index in [4.69, 9.17) is 17.3 Å². The number of hydrogen-bond acceptors (Lipinski definition) is 2. The van der Waals surface area contributed by atoms with E-state index in [2.05, 4.69) is 5.32 Å². The second-order valence-electron chi connectivity index (χ2n) is 4.29. The Kier molecular flexibility index (Phi) is 5.45. The van der Waals surface area contributed by atoms with E-state index in [9.17, 15) is 4.79 Å². The Hall–Kier alpha value is -1.06. The third-order valence-corrected chi connectivity index (χ3v) is 3.05. The number of benzene rings is 1. The molecule has 0 spiro atoms. The zero-order valence-corrected chi connectivity index (χ0v) is 11.1. The van der Waals surface area contributed by atoms with E-state index in [0.717, 1.165) is 16.1 Å². The fourth-order valence-corrected chi connectivity index (χ4v) is 1.66. The summed E-state index contributed by atoms with van der Waals surface area (Å²) >= 11 is 6.02. The molecule has 94 valence electrons. The van der Waals surface area contributed by atoms with Crippen molar-refractivity contribution in [2.24, 2.45) is 5.73 Å². The average molecular weight is 255 g/mol. The van der Waals surface area contributed by atoms with Crippen molar-refractivity contribution < 1.29 is 4.79 Å². The molecule has 1 aromatic carbocycles. The molecule has 4 heteroatoms. The Morgan fingerprint density at radius 3 is 2.82 bits per heavy atom. The molecule has 0 heterocycles. The molecule has 0 saturated heterocycles. The topological polar surface area (TPSA) is 55.1 Å². The van der Waals surface area contributed by atoms with Crippen molar-refractivity contribution in [2.45, 2.75) is 32.7 Å². The second kappa shape index (κ2) is 6.62. The highest BCUT2D eigenvalue weighted by Gasteiger charge is 2.06. The molecule has 1 amide bonds. The fourth-order valence-electron chi connectivity index (χ4n) is 1.46. The molecule has 0 aliphatic rings. The van der Waals surface area contributed by atoms with Crippen LogP contribution in [0.15, 0.2) is 18.2 Å². The summed E-state index contributed by atoms with van der Waals surface area (Å²) in [4.78, 5) is 11.5. The zero-order chi connectivity index (χ0) is 12.8.